The molecule has 62 valence electrons. The molecule has 0 aromatic heterocycles. The number of rotatable bonds is 3. The number of nitrogens with zero attached hydrogens (tertiary/aromatic N) is 1. The Hall–Kier alpha value is -1.05. The highest BCUT2D eigenvalue weighted by molar-refractivity contribution is 5.72. The third-order valence-corrected chi connectivity index (χ3v) is 1.58. The Bertz CT molecular complexity index is 180. The highest BCUT2D eigenvalue weighted by Crippen LogP contribution is 2.09. The van der Waals surface area contributed by atoms with Gasteiger partial charge in [-0.05, 0) is 25.0 Å². The summed E-state index contributed by atoms with van der Waals surface area (Å²) in [6, 6.07) is 0. The number of allylic oxidation sites excluding steroid dienone is 3. The molecule has 0 saturated heterocycles. The number of aliphatic hydroxyl groups is 1. The Labute approximate surface area is 68.0 Å². The summed E-state index contributed by atoms with van der Waals surface area (Å²) >= 11 is 0. The van der Waals surface area contributed by atoms with Crippen LogP contribution >= 0.6 is 0 Å². The van der Waals surface area contributed by atoms with E-state index in [1.807, 2.05) is 19.9 Å². The van der Waals surface area contributed by atoms with Crippen LogP contribution in [0.15, 0.2) is 29.0 Å². The number of aliphatic imine (C=N–C) groups is 1. The van der Waals surface area contributed by atoms with E-state index in [-0.39, 0.29) is 5.92 Å². The molecule has 0 saturated carbocycles. The summed E-state index contributed by atoms with van der Waals surface area (Å²) in [5.41, 5.74) is 1.18. The van der Waals surface area contributed by atoms with Gasteiger partial charge in [-0.2, -0.15) is 0 Å². The molecule has 0 aliphatic heterocycles. The maximum absolute atomic E-state index is 8.47. The van der Waals surface area contributed by atoms with Crippen LogP contribution in [0.2, 0.25) is 0 Å². The summed E-state index contributed by atoms with van der Waals surface area (Å²) in [4.78, 5) is 3.83. The molecule has 0 rings (SSSR count). The van der Waals surface area contributed by atoms with E-state index in [1.165, 1.54) is 5.57 Å². The fraction of sp³-hybridized carbons (Fsp3) is 0.444. The highest BCUT2D eigenvalue weighted by Gasteiger charge is 1.96. The molecule has 1 unspecified atom stereocenters. The van der Waals surface area contributed by atoms with Crippen molar-refractivity contribution in [2.45, 2.75) is 13.8 Å². The van der Waals surface area contributed by atoms with E-state index in [0.717, 1.165) is 6.26 Å². The second-order valence-electron chi connectivity index (χ2n) is 2.45. The average Bonchev–Trinajstić information content (AvgIpc) is 2.00. The van der Waals surface area contributed by atoms with Gasteiger partial charge in [0.2, 0.25) is 0 Å². The number of hydrogen-bond acceptors (Lipinski definition) is 2. The van der Waals surface area contributed by atoms with Gasteiger partial charge < -0.3 is 5.11 Å². The van der Waals surface area contributed by atoms with Crippen LogP contribution in [0.4, 0.5) is 0 Å². The maximum Gasteiger partial charge on any atom is 0.0757 e. The molecule has 1 atom stereocenters. The van der Waals surface area contributed by atoms with Gasteiger partial charge in [-0.15, -0.1) is 0 Å². The zero-order chi connectivity index (χ0) is 8.69. The van der Waals surface area contributed by atoms with Crippen LogP contribution in [0, 0.1) is 5.92 Å². The first-order chi connectivity index (χ1) is 5.22. The molecule has 0 amide bonds. The minimum absolute atomic E-state index is 0.276. The minimum atomic E-state index is 0.276. The van der Waals surface area contributed by atoms with Gasteiger partial charge in [-0.1, -0.05) is 12.5 Å². The fourth-order valence-corrected chi connectivity index (χ4v) is 0.625. The van der Waals surface area contributed by atoms with Crippen LogP contribution in [-0.2, 0) is 0 Å². The van der Waals surface area contributed by atoms with Gasteiger partial charge in [-0.3, -0.25) is 4.99 Å². The van der Waals surface area contributed by atoms with Gasteiger partial charge in [-0.25, -0.2) is 0 Å². The molecule has 0 spiro atoms. The van der Waals surface area contributed by atoms with Crippen molar-refractivity contribution in [3.63, 3.8) is 0 Å². The zero-order valence-electron chi connectivity index (χ0n) is 7.28. The number of hydrogen-bond donors (Lipinski definition) is 1. The van der Waals surface area contributed by atoms with Crippen molar-refractivity contribution >= 4 is 6.21 Å². The Morgan fingerprint density at radius 1 is 1.55 bits per heavy atom. The normalized spacial score (nSPS) is 16.5. The monoisotopic (exact) mass is 153 g/mol. The Balaban J connectivity index is 4.10. The molecule has 0 bridgehead atoms. The molecule has 0 radical (unpaired) electrons. The lowest BCUT2D eigenvalue weighted by Gasteiger charge is -2.03. The standard InChI is InChI=1S/C9H15NO/c1-8(4-6-10-3)9(2)5-7-11/h4-7,9,11H,1-3H3/b7-5+,8-4-,10-6?. The van der Waals surface area contributed by atoms with E-state index in [0.29, 0.717) is 0 Å². The third kappa shape index (κ3) is 4.37. The van der Waals surface area contributed by atoms with E-state index < -0.39 is 0 Å². The van der Waals surface area contributed by atoms with Crippen molar-refractivity contribution in [3.05, 3.63) is 24.0 Å². The van der Waals surface area contributed by atoms with Gasteiger partial charge in [0, 0.05) is 13.3 Å². The average molecular weight is 153 g/mol. The van der Waals surface area contributed by atoms with Crippen LogP contribution in [0.25, 0.3) is 0 Å². The van der Waals surface area contributed by atoms with Crippen molar-refractivity contribution in [2.24, 2.45) is 10.9 Å². The van der Waals surface area contributed by atoms with Crippen LogP contribution in [0.3, 0.4) is 0 Å². The van der Waals surface area contributed by atoms with Crippen LogP contribution in [-0.4, -0.2) is 18.4 Å². The van der Waals surface area contributed by atoms with Crippen molar-refractivity contribution in [1.82, 2.24) is 0 Å². The van der Waals surface area contributed by atoms with E-state index in [2.05, 4.69) is 4.99 Å². The molecule has 11 heavy (non-hydrogen) atoms. The molecule has 0 heterocycles. The van der Waals surface area contributed by atoms with Crippen molar-refractivity contribution < 1.29 is 5.11 Å². The van der Waals surface area contributed by atoms with E-state index in [1.54, 1.807) is 19.3 Å². The summed E-state index contributed by atoms with van der Waals surface area (Å²) in [7, 11) is 1.73. The van der Waals surface area contributed by atoms with Gasteiger partial charge >= 0.3 is 0 Å². The van der Waals surface area contributed by atoms with E-state index in [9.17, 15) is 0 Å². The molecule has 1 N–H and O–H groups in total. The Morgan fingerprint density at radius 3 is 2.64 bits per heavy atom. The smallest absolute Gasteiger partial charge is 0.0757 e. The lowest BCUT2D eigenvalue weighted by atomic mass is 10.0. The second-order valence-corrected chi connectivity index (χ2v) is 2.45. The van der Waals surface area contributed by atoms with Crippen molar-refractivity contribution in [2.75, 3.05) is 7.05 Å². The third-order valence-electron chi connectivity index (χ3n) is 1.58. The van der Waals surface area contributed by atoms with Gasteiger partial charge in [0.1, 0.15) is 0 Å². The van der Waals surface area contributed by atoms with Gasteiger partial charge in [0.05, 0.1) is 6.26 Å². The molecule has 0 aromatic rings. The van der Waals surface area contributed by atoms with Crippen LogP contribution in [0.5, 0.6) is 0 Å². The highest BCUT2D eigenvalue weighted by atomic mass is 16.2. The first-order valence-electron chi connectivity index (χ1n) is 3.62. The van der Waals surface area contributed by atoms with Gasteiger partial charge in [0.25, 0.3) is 0 Å². The first kappa shape index (κ1) is 9.95. The lowest BCUT2D eigenvalue weighted by Crippen LogP contribution is -1.91. The Kier molecular flexibility index (Phi) is 5.17. The van der Waals surface area contributed by atoms with Crippen molar-refractivity contribution in [1.29, 1.82) is 0 Å². The first-order valence-corrected chi connectivity index (χ1v) is 3.62. The molecule has 0 aromatic carbocycles. The predicted octanol–water partition coefficient (Wildman–Crippen LogP) is 2.34. The van der Waals surface area contributed by atoms with Crippen LogP contribution in [0.1, 0.15) is 13.8 Å². The van der Waals surface area contributed by atoms with E-state index in [4.69, 9.17) is 5.11 Å². The Morgan fingerprint density at radius 2 is 2.18 bits per heavy atom. The quantitative estimate of drug-likeness (QED) is 0.490. The second kappa shape index (κ2) is 5.71. The molecular formula is C9H15NO. The molecule has 2 heteroatoms. The van der Waals surface area contributed by atoms with Crippen molar-refractivity contribution in [3.8, 4) is 0 Å². The SMILES string of the molecule is CN=C/C=C(/C)C(C)/C=C/O. The molecular weight excluding hydrogens is 138 g/mol. The largest absolute Gasteiger partial charge is 0.516 e. The topological polar surface area (TPSA) is 32.6 Å². The minimum Gasteiger partial charge on any atom is -0.516 e. The van der Waals surface area contributed by atoms with Gasteiger partial charge in [0.15, 0.2) is 0 Å². The fourth-order valence-electron chi connectivity index (χ4n) is 0.625. The summed E-state index contributed by atoms with van der Waals surface area (Å²) < 4.78 is 0. The predicted molar refractivity (Wildman–Crippen MR) is 49.1 cm³/mol. The summed E-state index contributed by atoms with van der Waals surface area (Å²) in [6.07, 6.45) is 6.49. The summed E-state index contributed by atoms with van der Waals surface area (Å²) in [5.74, 6) is 0.276. The molecule has 0 fully saturated rings. The van der Waals surface area contributed by atoms with Crippen LogP contribution < -0.4 is 0 Å². The lowest BCUT2D eigenvalue weighted by molar-refractivity contribution is 0.468. The number of aliphatic hydroxyl groups excluding tert-OH is 1. The van der Waals surface area contributed by atoms with E-state index >= 15 is 0 Å². The molecule has 0 aliphatic carbocycles. The molecule has 2 nitrogen and oxygen atoms in total. The zero-order valence-corrected chi connectivity index (χ0v) is 7.28. The maximum atomic E-state index is 8.47. The summed E-state index contributed by atoms with van der Waals surface area (Å²) in [6.45, 7) is 4.02. The molecule has 0 aliphatic rings. The summed E-state index contributed by atoms with van der Waals surface area (Å²) in [5, 5.41) is 8.47.